The van der Waals surface area contributed by atoms with E-state index in [1.807, 2.05) is 0 Å². The number of alkyl halides is 3. The normalized spacial score (nSPS) is 11.3. The number of hydrogen-bond donors (Lipinski definition) is 1. The third-order valence-electron chi connectivity index (χ3n) is 3.10. The van der Waals surface area contributed by atoms with E-state index in [9.17, 15) is 27.9 Å². The Morgan fingerprint density at radius 1 is 1.26 bits per heavy atom. The molecule has 122 valence electrons. The third-order valence-corrected chi connectivity index (χ3v) is 3.10. The highest BCUT2D eigenvalue weighted by Crippen LogP contribution is 2.29. The molecular weight excluding hydrogens is 315 g/mol. The zero-order valence-electron chi connectivity index (χ0n) is 11.9. The van der Waals surface area contributed by atoms with Crippen LogP contribution in [0.15, 0.2) is 36.5 Å². The minimum atomic E-state index is -4.56. The molecule has 1 heterocycles. The Morgan fingerprint density at radius 2 is 1.96 bits per heavy atom. The maximum absolute atomic E-state index is 12.7. The van der Waals surface area contributed by atoms with Crippen molar-refractivity contribution in [3.8, 4) is 5.75 Å². The molecule has 23 heavy (non-hydrogen) atoms. The van der Waals surface area contributed by atoms with E-state index in [0.717, 1.165) is 42.1 Å². The molecular formula is C15H12F3NO4. The topological polar surface area (TPSA) is 68.5 Å². The first-order chi connectivity index (χ1) is 10.7. The Bertz CT molecular complexity index is 749. The van der Waals surface area contributed by atoms with Gasteiger partial charge in [-0.05, 0) is 12.1 Å². The summed E-state index contributed by atoms with van der Waals surface area (Å²) in [5, 5.41) is 9.42. The number of benzene rings is 1. The van der Waals surface area contributed by atoms with Gasteiger partial charge in [0.1, 0.15) is 11.4 Å². The molecule has 0 radical (unpaired) electrons. The molecule has 0 saturated carbocycles. The number of methoxy groups -OCH3 is 1. The van der Waals surface area contributed by atoms with E-state index in [-0.39, 0.29) is 17.0 Å². The number of halogens is 3. The maximum Gasteiger partial charge on any atom is 0.416 e. The number of carbonyl (C=O) groups is 2. The van der Waals surface area contributed by atoms with Gasteiger partial charge in [0.15, 0.2) is 5.78 Å². The van der Waals surface area contributed by atoms with E-state index in [1.54, 1.807) is 0 Å². The highest BCUT2D eigenvalue weighted by molar-refractivity contribution is 5.97. The predicted octanol–water partition coefficient (Wildman–Crippen LogP) is 2.88. The van der Waals surface area contributed by atoms with Crippen LogP contribution in [0.1, 0.15) is 26.4 Å². The molecule has 5 nitrogen and oxygen atoms in total. The van der Waals surface area contributed by atoms with Crippen LogP contribution in [0.2, 0.25) is 0 Å². The van der Waals surface area contributed by atoms with Crippen molar-refractivity contribution in [1.29, 1.82) is 0 Å². The minimum absolute atomic E-state index is 0.0784. The molecule has 0 saturated heterocycles. The second-order valence-electron chi connectivity index (χ2n) is 4.70. The zero-order chi connectivity index (χ0) is 17.2. The highest BCUT2D eigenvalue weighted by Gasteiger charge is 2.31. The van der Waals surface area contributed by atoms with Crippen molar-refractivity contribution in [2.45, 2.75) is 12.7 Å². The number of rotatable bonds is 4. The van der Waals surface area contributed by atoms with Crippen LogP contribution in [0.25, 0.3) is 0 Å². The van der Waals surface area contributed by atoms with Crippen molar-refractivity contribution >= 4 is 11.8 Å². The number of aromatic nitrogens is 1. The number of aromatic hydroxyl groups is 1. The molecule has 0 atom stereocenters. The molecule has 2 aromatic rings. The van der Waals surface area contributed by atoms with Gasteiger partial charge in [-0.25, -0.2) is 4.79 Å². The fourth-order valence-electron chi connectivity index (χ4n) is 2.02. The molecule has 0 amide bonds. The summed E-state index contributed by atoms with van der Waals surface area (Å²) in [6, 6.07) is 5.08. The minimum Gasteiger partial charge on any atom is -0.506 e. The predicted molar refractivity (Wildman–Crippen MR) is 73.2 cm³/mol. The summed E-state index contributed by atoms with van der Waals surface area (Å²) < 4.78 is 43.6. The summed E-state index contributed by atoms with van der Waals surface area (Å²) in [5.74, 6) is -1.68. The number of esters is 1. The first kappa shape index (κ1) is 16.6. The molecule has 0 fully saturated rings. The lowest BCUT2D eigenvalue weighted by molar-refractivity contribution is -0.137. The van der Waals surface area contributed by atoms with E-state index in [1.165, 1.54) is 6.07 Å². The maximum atomic E-state index is 12.7. The number of Topliss-reactive ketones (excluding diaryl/α,β-unsaturated/α-hetero) is 1. The van der Waals surface area contributed by atoms with E-state index in [0.29, 0.717) is 0 Å². The standard InChI is InChI=1S/C15H12F3NO4/c1-23-14(22)12-6-11(20)7-19(12)8-13(21)9-3-2-4-10(5-9)15(16,17)18/h2-7,20H,8H2,1H3. The Kier molecular flexibility index (Phi) is 4.44. The fourth-order valence-corrected chi connectivity index (χ4v) is 2.02. The SMILES string of the molecule is COC(=O)c1cc(O)cn1CC(=O)c1cccc(C(F)(F)F)c1. The Labute approximate surface area is 128 Å². The van der Waals surface area contributed by atoms with E-state index < -0.39 is 30.0 Å². The second-order valence-corrected chi connectivity index (χ2v) is 4.70. The third kappa shape index (κ3) is 3.71. The quantitative estimate of drug-likeness (QED) is 0.692. The van der Waals surface area contributed by atoms with Gasteiger partial charge in [-0.15, -0.1) is 0 Å². The summed E-state index contributed by atoms with van der Waals surface area (Å²) in [6.07, 6.45) is -3.43. The van der Waals surface area contributed by atoms with Crippen LogP contribution < -0.4 is 0 Å². The number of carbonyl (C=O) groups excluding carboxylic acids is 2. The monoisotopic (exact) mass is 327 g/mol. The summed E-state index contributed by atoms with van der Waals surface area (Å²) in [6.45, 7) is -0.410. The van der Waals surface area contributed by atoms with Crippen LogP contribution in [0.5, 0.6) is 5.75 Å². The van der Waals surface area contributed by atoms with Crippen LogP contribution in [0.4, 0.5) is 13.2 Å². The molecule has 0 aliphatic rings. The lowest BCUT2D eigenvalue weighted by Crippen LogP contribution is -2.16. The van der Waals surface area contributed by atoms with Crippen LogP contribution in [0, 0.1) is 0 Å². The van der Waals surface area contributed by atoms with Crippen molar-refractivity contribution in [1.82, 2.24) is 4.57 Å². The average Bonchev–Trinajstić information content (AvgIpc) is 2.86. The van der Waals surface area contributed by atoms with Crippen LogP contribution >= 0.6 is 0 Å². The fraction of sp³-hybridized carbons (Fsp3) is 0.200. The van der Waals surface area contributed by atoms with Crippen molar-refractivity contribution in [2.75, 3.05) is 7.11 Å². The lowest BCUT2D eigenvalue weighted by atomic mass is 10.1. The first-order valence-electron chi connectivity index (χ1n) is 6.40. The van der Waals surface area contributed by atoms with Crippen LogP contribution in [0.3, 0.4) is 0 Å². The van der Waals surface area contributed by atoms with Gasteiger partial charge in [0.2, 0.25) is 0 Å². The Balaban J connectivity index is 2.28. The molecule has 0 bridgehead atoms. The van der Waals surface area contributed by atoms with Gasteiger partial charge >= 0.3 is 12.1 Å². The van der Waals surface area contributed by atoms with Gasteiger partial charge in [-0.2, -0.15) is 13.2 Å². The summed E-state index contributed by atoms with van der Waals surface area (Å²) in [5.41, 5.74) is -1.17. The van der Waals surface area contributed by atoms with Gasteiger partial charge in [-0.3, -0.25) is 4.79 Å². The summed E-state index contributed by atoms with van der Waals surface area (Å²) in [7, 11) is 1.13. The number of ketones is 1. The van der Waals surface area contributed by atoms with Crippen molar-refractivity contribution in [3.63, 3.8) is 0 Å². The average molecular weight is 327 g/mol. The molecule has 0 unspecified atom stereocenters. The Hall–Kier alpha value is -2.77. The van der Waals surface area contributed by atoms with Crippen molar-refractivity contribution < 1.29 is 32.6 Å². The first-order valence-corrected chi connectivity index (χ1v) is 6.40. The Morgan fingerprint density at radius 3 is 2.57 bits per heavy atom. The van der Waals surface area contributed by atoms with E-state index >= 15 is 0 Å². The van der Waals surface area contributed by atoms with E-state index in [4.69, 9.17) is 0 Å². The van der Waals surface area contributed by atoms with Gasteiger partial charge in [0, 0.05) is 17.8 Å². The molecule has 0 spiro atoms. The van der Waals surface area contributed by atoms with Gasteiger partial charge in [0.05, 0.1) is 19.2 Å². The van der Waals surface area contributed by atoms with Crippen molar-refractivity contribution in [3.05, 3.63) is 53.3 Å². The number of ether oxygens (including phenoxy) is 1. The largest absolute Gasteiger partial charge is 0.506 e. The molecule has 0 aliphatic carbocycles. The molecule has 1 N–H and O–H groups in total. The smallest absolute Gasteiger partial charge is 0.416 e. The molecule has 1 aromatic carbocycles. The second kappa shape index (κ2) is 6.15. The van der Waals surface area contributed by atoms with Crippen LogP contribution in [-0.2, 0) is 17.5 Å². The lowest BCUT2D eigenvalue weighted by Gasteiger charge is -2.09. The highest BCUT2D eigenvalue weighted by atomic mass is 19.4. The summed E-state index contributed by atoms with van der Waals surface area (Å²) in [4.78, 5) is 23.7. The van der Waals surface area contributed by atoms with Gasteiger partial charge in [-0.1, -0.05) is 12.1 Å². The zero-order valence-corrected chi connectivity index (χ0v) is 11.9. The molecule has 8 heteroatoms. The van der Waals surface area contributed by atoms with Gasteiger partial charge in [0.25, 0.3) is 0 Å². The van der Waals surface area contributed by atoms with Crippen molar-refractivity contribution in [2.24, 2.45) is 0 Å². The molecule has 1 aromatic heterocycles. The van der Waals surface area contributed by atoms with E-state index in [2.05, 4.69) is 4.74 Å². The summed E-state index contributed by atoms with van der Waals surface area (Å²) >= 11 is 0. The van der Waals surface area contributed by atoms with Crippen LogP contribution in [-0.4, -0.2) is 28.5 Å². The number of nitrogens with zero attached hydrogens (tertiary/aromatic N) is 1. The molecule has 2 rings (SSSR count). The molecule has 0 aliphatic heterocycles. The van der Waals surface area contributed by atoms with Gasteiger partial charge < -0.3 is 14.4 Å². The number of hydrogen-bond acceptors (Lipinski definition) is 4.